The fourth-order valence-corrected chi connectivity index (χ4v) is 5.42. The zero-order valence-corrected chi connectivity index (χ0v) is 17.6. The van der Waals surface area contributed by atoms with Crippen molar-refractivity contribution in [2.24, 2.45) is 0 Å². The summed E-state index contributed by atoms with van der Waals surface area (Å²) in [4.78, 5) is -0.124. The minimum Gasteiger partial charge on any atom is -0.346 e. The van der Waals surface area contributed by atoms with Crippen LogP contribution in [0.5, 0.6) is 0 Å². The molecule has 3 rings (SSSR count). The molecule has 3 aromatic rings. The summed E-state index contributed by atoms with van der Waals surface area (Å²) in [5.41, 5.74) is 2.17. The van der Waals surface area contributed by atoms with Gasteiger partial charge in [-0.15, -0.1) is 0 Å². The van der Waals surface area contributed by atoms with Gasteiger partial charge in [0.1, 0.15) is 6.04 Å². The van der Waals surface area contributed by atoms with Crippen LogP contribution < -0.4 is 4.72 Å². The lowest BCUT2D eigenvalue weighted by Gasteiger charge is -2.24. The molecule has 1 aromatic heterocycles. The summed E-state index contributed by atoms with van der Waals surface area (Å²) in [6.07, 6.45) is -3.29. The molecule has 0 radical (unpaired) electrons. The second kappa shape index (κ2) is 7.66. The fourth-order valence-electron chi connectivity index (χ4n) is 3.57. The molecule has 1 atom stereocenters. The van der Waals surface area contributed by atoms with Gasteiger partial charge in [0.2, 0.25) is 10.0 Å². The van der Waals surface area contributed by atoms with Crippen LogP contribution in [-0.2, 0) is 16.6 Å². The molecule has 0 aliphatic rings. The third-order valence-corrected chi connectivity index (χ3v) is 6.69. The van der Waals surface area contributed by atoms with Gasteiger partial charge in [-0.1, -0.05) is 29.3 Å². The van der Waals surface area contributed by atoms with Crippen molar-refractivity contribution < 1.29 is 21.6 Å². The van der Waals surface area contributed by atoms with E-state index in [1.54, 1.807) is 57.2 Å². The van der Waals surface area contributed by atoms with Crippen molar-refractivity contribution in [3.8, 4) is 0 Å². The number of hydrogen-bond acceptors (Lipinski definition) is 2. The maximum Gasteiger partial charge on any atom is 0.406 e. The lowest BCUT2D eigenvalue weighted by molar-refractivity contribution is -0.154. The van der Waals surface area contributed by atoms with Crippen molar-refractivity contribution in [3.63, 3.8) is 0 Å². The zero-order valence-electron chi connectivity index (χ0n) is 16.0. The van der Waals surface area contributed by atoms with Crippen LogP contribution in [0.3, 0.4) is 0 Å². The van der Waals surface area contributed by atoms with Crippen molar-refractivity contribution in [3.05, 3.63) is 64.3 Å². The number of hydrogen-bond donors (Lipinski definition) is 1. The Balaban J connectivity index is 1.98. The molecule has 1 N–H and O–H groups in total. The lowest BCUT2D eigenvalue weighted by atomic mass is 10.1. The van der Waals surface area contributed by atoms with Gasteiger partial charge < -0.3 is 4.57 Å². The summed E-state index contributed by atoms with van der Waals surface area (Å²) < 4.78 is 70.1. The van der Waals surface area contributed by atoms with E-state index in [0.29, 0.717) is 27.1 Å². The molecule has 4 nitrogen and oxygen atoms in total. The van der Waals surface area contributed by atoms with Gasteiger partial charge in [0.15, 0.2) is 0 Å². The quantitative estimate of drug-likeness (QED) is 0.593. The molecule has 0 bridgehead atoms. The van der Waals surface area contributed by atoms with Crippen LogP contribution >= 0.6 is 11.6 Å². The Morgan fingerprint density at radius 1 is 1.07 bits per heavy atom. The third-order valence-electron chi connectivity index (χ3n) is 4.68. The Labute approximate surface area is 172 Å². The molecule has 0 amide bonds. The van der Waals surface area contributed by atoms with E-state index in [4.69, 9.17) is 11.6 Å². The molecule has 0 fully saturated rings. The Morgan fingerprint density at radius 2 is 1.69 bits per heavy atom. The first-order valence-electron chi connectivity index (χ1n) is 8.80. The number of nitrogens with one attached hydrogen (secondary N) is 1. The smallest absolute Gasteiger partial charge is 0.346 e. The molecule has 1 unspecified atom stereocenters. The van der Waals surface area contributed by atoms with Crippen molar-refractivity contribution in [1.82, 2.24) is 9.29 Å². The summed E-state index contributed by atoms with van der Waals surface area (Å²) in [6.45, 7) is 4.34. The van der Waals surface area contributed by atoms with Crippen molar-refractivity contribution in [1.29, 1.82) is 0 Å². The molecule has 29 heavy (non-hydrogen) atoms. The number of aryl methyl sites for hydroxylation is 3. The number of benzene rings is 2. The van der Waals surface area contributed by atoms with Gasteiger partial charge in [0.05, 0.1) is 4.90 Å². The average Bonchev–Trinajstić information content (AvgIpc) is 2.93. The molecule has 2 aromatic carbocycles. The van der Waals surface area contributed by atoms with Gasteiger partial charge in [-0.2, -0.15) is 17.9 Å². The number of nitrogens with zero attached hydrogens (tertiary/aromatic N) is 1. The molecule has 0 aliphatic heterocycles. The molecule has 0 saturated carbocycles. The van der Waals surface area contributed by atoms with E-state index in [2.05, 4.69) is 0 Å². The molecule has 0 saturated heterocycles. The van der Waals surface area contributed by atoms with Gasteiger partial charge in [0, 0.05) is 28.7 Å². The van der Waals surface area contributed by atoms with E-state index in [1.165, 1.54) is 10.8 Å². The first-order chi connectivity index (χ1) is 13.4. The highest BCUT2D eigenvalue weighted by Crippen LogP contribution is 2.28. The summed E-state index contributed by atoms with van der Waals surface area (Å²) >= 11 is 5.92. The van der Waals surface area contributed by atoms with Gasteiger partial charge >= 0.3 is 6.18 Å². The number of alkyl halides is 3. The minimum atomic E-state index is -4.78. The van der Waals surface area contributed by atoms with E-state index in [0.717, 1.165) is 5.56 Å². The first kappa shape index (κ1) is 21.7. The van der Waals surface area contributed by atoms with Crippen LogP contribution in [0.25, 0.3) is 10.9 Å². The molecular formula is C20H20ClF3N2O2S. The summed E-state index contributed by atoms with van der Waals surface area (Å²) in [5.74, 6) is 0. The normalized spacial score (nSPS) is 13.8. The van der Waals surface area contributed by atoms with Crippen molar-refractivity contribution in [2.75, 3.05) is 0 Å². The zero-order chi connectivity index (χ0) is 21.6. The van der Waals surface area contributed by atoms with E-state index >= 15 is 0 Å². The predicted molar refractivity (Wildman–Crippen MR) is 108 cm³/mol. The number of fused-ring (bicyclic) bond motifs is 1. The minimum absolute atomic E-state index is 0.124. The van der Waals surface area contributed by atoms with Crippen LogP contribution in [0.15, 0.2) is 47.5 Å². The van der Waals surface area contributed by atoms with Crippen molar-refractivity contribution in [2.45, 2.75) is 44.4 Å². The topological polar surface area (TPSA) is 51.1 Å². The average molecular weight is 445 g/mol. The van der Waals surface area contributed by atoms with Crippen molar-refractivity contribution >= 4 is 32.5 Å². The summed E-state index contributed by atoms with van der Waals surface area (Å²) in [5, 5.41) is 1.14. The van der Waals surface area contributed by atoms with E-state index in [1.807, 2.05) is 4.72 Å². The Morgan fingerprint density at radius 3 is 2.28 bits per heavy atom. The van der Waals surface area contributed by atoms with Crippen LogP contribution in [-0.4, -0.2) is 25.2 Å². The predicted octanol–water partition coefficient (Wildman–Crippen LogP) is 5.13. The van der Waals surface area contributed by atoms with Gasteiger partial charge in [-0.3, -0.25) is 0 Å². The molecule has 9 heteroatoms. The van der Waals surface area contributed by atoms with E-state index < -0.39 is 28.8 Å². The Kier molecular flexibility index (Phi) is 5.73. The standard InChI is InChI=1S/C20H20ClF3N2O2S/c1-12-8-13(2)19(14(3)9-12)29(27,28)25-18(20(22,23)24)11-26-7-6-15-10-16(21)4-5-17(15)26/h4-10,18,25H,11H2,1-3H3. The number of aromatic nitrogens is 1. The highest BCUT2D eigenvalue weighted by atomic mass is 35.5. The van der Waals surface area contributed by atoms with Crippen LogP contribution in [0.2, 0.25) is 5.02 Å². The van der Waals surface area contributed by atoms with E-state index in [9.17, 15) is 21.6 Å². The van der Waals surface area contributed by atoms with E-state index in [-0.39, 0.29) is 4.90 Å². The maximum atomic E-state index is 13.7. The van der Waals surface area contributed by atoms with Crippen LogP contribution in [0.1, 0.15) is 16.7 Å². The van der Waals surface area contributed by atoms with Gasteiger partial charge in [0.25, 0.3) is 0 Å². The molecular weight excluding hydrogens is 425 g/mol. The summed E-state index contributed by atoms with van der Waals surface area (Å²) in [6, 6.07) is 7.43. The lowest BCUT2D eigenvalue weighted by Crippen LogP contribution is -2.48. The van der Waals surface area contributed by atoms with Crippen LogP contribution in [0.4, 0.5) is 13.2 Å². The van der Waals surface area contributed by atoms with Crippen LogP contribution in [0, 0.1) is 20.8 Å². The monoisotopic (exact) mass is 444 g/mol. The molecule has 156 valence electrons. The largest absolute Gasteiger partial charge is 0.406 e. The first-order valence-corrected chi connectivity index (χ1v) is 10.7. The number of rotatable bonds is 5. The van der Waals surface area contributed by atoms with Gasteiger partial charge in [-0.25, -0.2) is 8.42 Å². The molecule has 0 aliphatic carbocycles. The number of sulfonamides is 1. The fraction of sp³-hybridized carbons (Fsp3) is 0.300. The molecule has 1 heterocycles. The SMILES string of the molecule is Cc1cc(C)c(S(=O)(=O)NC(Cn2ccc3cc(Cl)ccc32)C(F)(F)F)c(C)c1. The van der Waals surface area contributed by atoms with Gasteiger partial charge in [-0.05, 0) is 56.2 Å². The summed E-state index contributed by atoms with van der Waals surface area (Å²) in [7, 11) is -4.39. The second-order valence-electron chi connectivity index (χ2n) is 7.11. The maximum absolute atomic E-state index is 13.7. The second-order valence-corrected chi connectivity index (χ2v) is 9.20. The highest BCUT2D eigenvalue weighted by Gasteiger charge is 2.43. The Hall–Kier alpha value is -2.03. The third kappa shape index (κ3) is 4.60. The Bertz CT molecular complexity index is 1150. The highest BCUT2D eigenvalue weighted by molar-refractivity contribution is 7.89. The molecule has 0 spiro atoms. The number of halogens is 4.